The second kappa shape index (κ2) is 12.0. The minimum absolute atomic E-state index is 0.0523. The zero-order valence-electron chi connectivity index (χ0n) is 22.0. The van der Waals surface area contributed by atoms with Gasteiger partial charge in [-0.05, 0) is 62.0 Å². The molecule has 0 spiro atoms. The zero-order chi connectivity index (χ0) is 25.6. The zero-order valence-corrected chi connectivity index (χ0v) is 22.0. The van der Waals surface area contributed by atoms with E-state index >= 15 is 0 Å². The average Bonchev–Trinajstić information content (AvgIpc) is 3.34. The van der Waals surface area contributed by atoms with E-state index in [2.05, 4.69) is 49.7 Å². The average molecular weight is 505 g/mol. The Hall–Kier alpha value is -2.97. The number of benzene rings is 1. The number of nitrogens with one attached hydrogen (secondary N) is 2. The van der Waals surface area contributed by atoms with Crippen LogP contribution in [0.5, 0.6) is 0 Å². The molecule has 198 valence electrons. The van der Waals surface area contributed by atoms with Gasteiger partial charge in [-0.1, -0.05) is 30.7 Å². The predicted molar refractivity (Wildman–Crippen MR) is 145 cm³/mol. The molecule has 37 heavy (non-hydrogen) atoms. The Labute approximate surface area is 220 Å². The SMILES string of the molecule is CC(=O)N1CCC(Nc2cc(C(=O)NC[C@@H](CN3Cc4ccccc4C3)N3CCCCC3)ccn2)CC1. The Kier molecular flexibility index (Phi) is 8.36. The molecule has 0 unspecified atom stereocenters. The third-order valence-electron chi connectivity index (χ3n) is 8.09. The molecule has 2 saturated heterocycles. The summed E-state index contributed by atoms with van der Waals surface area (Å²) in [5.74, 6) is 0.798. The van der Waals surface area contributed by atoms with Crippen molar-refractivity contribution in [3.63, 3.8) is 0 Å². The third-order valence-corrected chi connectivity index (χ3v) is 8.09. The third kappa shape index (κ3) is 6.67. The summed E-state index contributed by atoms with van der Waals surface area (Å²) in [5.41, 5.74) is 3.48. The number of hydrogen-bond donors (Lipinski definition) is 2. The number of hydrogen-bond acceptors (Lipinski definition) is 6. The van der Waals surface area contributed by atoms with E-state index in [-0.39, 0.29) is 17.9 Å². The molecule has 4 heterocycles. The van der Waals surface area contributed by atoms with Gasteiger partial charge in [-0.2, -0.15) is 0 Å². The molecule has 0 bridgehead atoms. The van der Waals surface area contributed by atoms with Crippen molar-refractivity contribution in [2.75, 3.05) is 44.6 Å². The molecule has 2 aromatic rings. The lowest BCUT2D eigenvalue weighted by atomic mass is 10.0. The van der Waals surface area contributed by atoms with Crippen LogP contribution in [0.3, 0.4) is 0 Å². The van der Waals surface area contributed by atoms with Crippen molar-refractivity contribution >= 4 is 17.6 Å². The van der Waals surface area contributed by atoms with E-state index in [4.69, 9.17) is 0 Å². The van der Waals surface area contributed by atoms with Crippen LogP contribution >= 0.6 is 0 Å². The molecule has 0 saturated carbocycles. The first kappa shape index (κ1) is 25.7. The van der Waals surface area contributed by atoms with Crippen LogP contribution in [0.4, 0.5) is 5.82 Å². The molecular weight excluding hydrogens is 464 g/mol. The summed E-state index contributed by atoms with van der Waals surface area (Å²) in [6.45, 7) is 8.91. The molecule has 2 N–H and O–H groups in total. The van der Waals surface area contributed by atoms with Crippen LogP contribution in [0.15, 0.2) is 42.6 Å². The van der Waals surface area contributed by atoms with E-state index in [1.807, 2.05) is 11.0 Å². The minimum Gasteiger partial charge on any atom is -0.367 e. The van der Waals surface area contributed by atoms with Gasteiger partial charge in [0.2, 0.25) is 5.91 Å². The quantitative estimate of drug-likeness (QED) is 0.575. The van der Waals surface area contributed by atoms with Crippen LogP contribution in [0, 0.1) is 0 Å². The highest BCUT2D eigenvalue weighted by molar-refractivity contribution is 5.94. The molecule has 0 radical (unpaired) electrons. The van der Waals surface area contributed by atoms with Gasteiger partial charge in [-0.3, -0.25) is 19.4 Å². The molecular formula is C29H40N6O2. The molecule has 2 amide bonds. The van der Waals surface area contributed by atoms with E-state index in [1.54, 1.807) is 19.2 Å². The summed E-state index contributed by atoms with van der Waals surface area (Å²) in [7, 11) is 0. The first-order valence-electron chi connectivity index (χ1n) is 13.8. The number of fused-ring (bicyclic) bond motifs is 1. The standard InChI is InChI=1S/C29H40N6O2/c1-22(36)34-15-10-26(11-16-34)32-28-17-23(9-12-30-28)29(37)31-18-27(35-13-5-2-6-14-35)21-33-19-24-7-3-4-8-25(24)20-33/h3-4,7-9,12,17,26-27H,2,5-6,10-11,13-16,18-21H2,1H3,(H,30,32)(H,31,37)/t27-/m0/s1. The highest BCUT2D eigenvalue weighted by Crippen LogP contribution is 2.24. The summed E-state index contributed by atoms with van der Waals surface area (Å²) in [6, 6.07) is 12.9. The van der Waals surface area contributed by atoms with Crippen LogP contribution in [-0.4, -0.2) is 82.9 Å². The lowest BCUT2D eigenvalue weighted by Crippen LogP contribution is -2.51. The van der Waals surface area contributed by atoms with E-state index in [9.17, 15) is 9.59 Å². The summed E-state index contributed by atoms with van der Waals surface area (Å²) >= 11 is 0. The van der Waals surface area contributed by atoms with Crippen LogP contribution in [-0.2, 0) is 17.9 Å². The number of nitrogens with zero attached hydrogens (tertiary/aromatic N) is 4. The number of piperidine rings is 2. The Morgan fingerprint density at radius 2 is 1.70 bits per heavy atom. The summed E-state index contributed by atoms with van der Waals surface area (Å²) in [5, 5.41) is 6.70. The fourth-order valence-electron chi connectivity index (χ4n) is 5.93. The van der Waals surface area contributed by atoms with Gasteiger partial charge in [0.1, 0.15) is 5.82 Å². The maximum Gasteiger partial charge on any atom is 0.251 e. The highest BCUT2D eigenvalue weighted by Gasteiger charge is 2.27. The van der Waals surface area contributed by atoms with Gasteiger partial charge in [-0.15, -0.1) is 0 Å². The first-order chi connectivity index (χ1) is 18.0. The van der Waals surface area contributed by atoms with Crippen LogP contribution in [0.25, 0.3) is 0 Å². The monoisotopic (exact) mass is 504 g/mol. The van der Waals surface area contributed by atoms with Crippen LogP contribution in [0.2, 0.25) is 0 Å². The molecule has 8 heteroatoms. The maximum absolute atomic E-state index is 13.2. The number of pyridine rings is 1. The van der Waals surface area contributed by atoms with Gasteiger partial charge in [0, 0.05) is 70.0 Å². The normalized spacial score (nSPS) is 19.9. The largest absolute Gasteiger partial charge is 0.367 e. The molecule has 8 nitrogen and oxygen atoms in total. The van der Waals surface area contributed by atoms with Gasteiger partial charge >= 0.3 is 0 Å². The van der Waals surface area contributed by atoms with Crippen molar-refractivity contribution in [2.45, 2.75) is 64.2 Å². The van der Waals surface area contributed by atoms with Crippen molar-refractivity contribution in [3.8, 4) is 0 Å². The number of rotatable bonds is 8. The molecule has 1 aromatic heterocycles. The van der Waals surface area contributed by atoms with Crippen molar-refractivity contribution in [1.82, 2.24) is 25.0 Å². The molecule has 1 atom stereocenters. The predicted octanol–water partition coefficient (Wildman–Crippen LogP) is 3.10. The molecule has 3 aliphatic heterocycles. The number of amides is 2. The van der Waals surface area contributed by atoms with Gasteiger partial charge in [-0.25, -0.2) is 4.98 Å². The molecule has 1 aromatic carbocycles. The smallest absolute Gasteiger partial charge is 0.251 e. The van der Waals surface area contributed by atoms with Gasteiger partial charge in [0.25, 0.3) is 5.91 Å². The summed E-state index contributed by atoms with van der Waals surface area (Å²) < 4.78 is 0. The molecule has 5 rings (SSSR count). The number of aromatic nitrogens is 1. The van der Waals surface area contributed by atoms with Gasteiger partial charge < -0.3 is 15.5 Å². The van der Waals surface area contributed by atoms with E-state index < -0.39 is 0 Å². The number of anilines is 1. The fourth-order valence-corrected chi connectivity index (χ4v) is 5.93. The van der Waals surface area contributed by atoms with E-state index in [0.29, 0.717) is 18.2 Å². The van der Waals surface area contributed by atoms with Crippen molar-refractivity contribution in [3.05, 3.63) is 59.3 Å². The van der Waals surface area contributed by atoms with Gasteiger partial charge in [0.05, 0.1) is 0 Å². The second-order valence-corrected chi connectivity index (χ2v) is 10.8. The lowest BCUT2D eigenvalue weighted by molar-refractivity contribution is -0.129. The summed E-state index contributed by atoms with van der Waals surface area (Å²) in [6.07, 6.45) is 7.23. The van der Waals surface area contributed by atoms with Gasteiger partial charge in [0.15, 0.2) is 0 Å². The van der Waals surface area contributed by atoms with Crippen molar-refractivity contribution in [2.24, 2.45) is 0 Å². The highest BCUT2D eigenvalue weighted by atomic mass is 16.2. The fraction of sp³-hybridized carbons (Fsp3) is 0.552. The minimum atomic E-state index is -0.0523. The Morgan fingerprint density at radius 3 is 2.38 bits per heavy atom. The van der Waals surface area contributed by atoms with Crippen LogP contribution in [0.1, 0.15) is 60.5 Å². The summed E-state index contributed by atoms with van der Waals surface area (Å²) in [4.78, 5) is 36.2. The number of carbonyl (C=O) groups is 2. The van der Waals surface area contributed by atoms with Crippen LogP contribution < -0.4 is 10.6 Å². The Morgan fingerprint density at radius 1 is 1.00 bits per heavy atom. The lowest BCUT2D eigenvalue weighted by Gasteiger charge is -2.36. The Balaban J connectivity index is 1.17. The van der Waals surface area contributed by atoms with Crippen molar-refractivity contribution < 1.29 is 9.59 Å². The molecule has 2 fully saturated rings. The topological polar surface area (TPSA) is 80.8 Å². The maximum atomic E-state index is 13.2. The second-order valence-electron chi connectivity index (χ2n) is 10.8. The Bertz CT molecular complexity index is 1050. The first-order valence-corrected chi connectivity index (χ1v) is 13.8. The number of carbonyl (C=O) groups excluding carboxylic acids is 2. The molecule has 3 aliphatic rings. The van der Waals surface area contributed by atoms with E-state index in [0.717, 1.165) is 64.5 Å². The van der Waals surface area contributed by atoms with E-state index in [1.165, 1.54) is 30.4 Å². The van der Waals surface area contributed by atoms with Crippen molar-refractivity contribution in [1.29, 1.82) is 0 Å². The molecule has 0 aliphatic carbocycles. The number of likely N-dealkylation sites (tertiary alicyclic amines) is 2.